The number of piperazine rings is 1. The van der Waals surface area contributed by atoms with Crippen molar-refractivity contribution in [1.82, 2.24) is 19.4 Å². The Morgan fingerprint density at radius 2 is 1.68 bits per heavy atom. The van der Waals surface area contributed by atoms with Gasteiger partial charge >= 0.3 is 0 Å². The third-order valence-corrected chi connectivity index (χ3v) is 7.52. The molecule has 2 heterocycles. The highest BCUT2D eigenvalue weighted by molar-refractivity contribution is 14.0. The van der Waals surface area contributed by atoms with Gasteiger partial charge in [-0.3, -0.25) is 4.79 Å². The van der Waals surface area contributed by atoms with Gasteiger partial charge in [-0.05, 0) is 37.5 Å². The molecule has 1 N–H and O–H groups in total. The average Bonchev–Trinajstić information content (AvgIpc) is 2.77. The number of hydrogen-bond acceptors (Lipinski definition) is 4. The van der Waals surface area contributed by atoms with Gasteiger partial charge in [0.1, 0.15) is 0 Å². The molecule has 2 saturated heterocycles. The zero-order valence-electron chi connectivity index (χ0n) is 18.4. The van der Waals surface area contributed by atoms with Crippen LogP contribution in [0.5, 0.6) is 0 Å². The van der Waals surface area contributed by atoms with Crippen molar-refractivity contribution in [2.24, 2.45) is 4.99 Å². The Balaban J connectivity index is 0.00000341. The number of halogens is 1. The summed E-state index contributed by atoms with van der Waals surface area (Å²) in [4.78, 5) is 20.6. The van der Waals surface area contributed by atoms with Gasteiger partial charge in [-0.25, -0.2) is 13.4 Å². The summed E-state index contributed by atoms with van der Waals surface area (Å²) in [5.41, 5.74) is 0.867. The summed E-state index contributed by atoms with van der Waals surface area (Å²) in [6, 6.07) is 7.12. The number of aliphatic imine (C=N–C) groups is 1. The number of piperidine rings is 1. The maximum absolute atomic E-state index is 13.0. The Labute approximate surface area is 203 Å². The maximum atomic E-state index is 13.0. The molecule has 10 heteroatoms. The van der Waals surface area contributed by atoms with Crippen molar-refractivity contribution in [3.05, 3.63) is 29.8 Å². The molecule has 2 aliphatic heterocycles. The van der Waals surface area contributed by atoms with E-state index in [0.717, 1.165) is 50.4 Å². The van der Waals surface area contributed by atoms with E-state index >= 15 is 0 Å². The van der Waals surface area contributed by atoms with E-state index in [1.54, 1.807) is 29.4 Å². The number of rotatable bonds is 5. The Morgan fingerprint density at radius 3 is 2.29 bits per heavy atom. The second-order valence-corrected chi connectivity index (χ2v) is 9.71. The van der Waals surface area contributed by atoms with Crippen LogP contribution >= 0.6 is 24.0 Å². The smallest absolute Gasteiger partial charge is 0.243 e. The first kappa shape index (κ1) is 25.9. The molecular weight excluding hydrogens is 529 g/mol. The van der Waals surface area contributed by atoms with Gasteiger partial charge in [0.05, 0.1) is 11.4 Å². The fraction of sp³-hybridized carbons (Fsp3) is 0.619. The van der Waals surface area contributed by atoms with Crippen LogP contribution in [-0.2, 0) is 21.4 Å². The predicted molar refractivity (Wildman–Crippen MR) is 133 cm³/mol. The number of amides is 1. The molecule has 174 valence electrons. The molecule has 1 amide bonds. The molecule has 0 radical (unpaired) electrons. The third kappa shape index (κ3) is 6.79. The molecular formula is C21H34IN5O3S. The number of hydrogen-bond donors (Lipinski definition) is 1. The number of nitrogens with one attached hydrogen (secondary N) is 1. The van der Waals surface area contributed by atoms with Crippen LogP contribution in [0.1, 0.15) is 38.7 Å². The van der Waals surface area contributed by atoms with Gasteiger partial charge in [0.2, 0.25) is 15.9 Å². The summed E-state index contributed by atoms with van der Waals surface area (Å²) in [5.74, 6) is 0.897. The average molecular weight is 564 g/mol. The molecule has 2 fully saturated rings. The highest BCUT2D eigenvalue weighted by Crippen LogP contribution is 2.21. The standard InChI is InChI=1S/C21H33N5O3S.HI/c1-3-22-21(25-14-12-24(13-15-25)18(2)27)23-17-19-8-7-9-20(16-19)30(28,29)26-10-5-4-6-11-26;/h7-9,16H,3-6,10-15,17H2,1-2H3,(H,22,23);1H. The zero-order chi connectivity index (χ0) is 21.6. The van der Waals surface area contributed by atoms with Crippen molar-refractivity contribution in [1.29, 1.82) is 0 Å². The predicted octanol–water partition coefficient (Wildman–Crippen LogP) is 2.11. The van der Waals surface area contributed by atoms with Crippen LogP contribution in [0.15, 0.2) is 34.2 Å². The Bertz CT molecular complexity index is 864. The minimum absolute atomic E-state index is 0. The van der Waals surface area contributed by atoms with Crippen molar-refractivity contribution in [2.45, 2.75) is 44.6 Å². The second kappa shape index (κ2) is 12.0. The molecule has 2 aliphatic rings. The first-order chi connectivity index (χ1) is 14.4. The van der Waals surface area contributed by atoms with Crippen LogP contribution in [0, 0.1) is 0 Å². The van der Waals surface area contributed by atoms with E-state index in [-0.39, 0.29) is 29.9 Å². The Hall–Kier alpha value is -1.40. The van der Waals surface area contributed by atoms with E-state index < -0.39 is 10.0 Å². The summed E-state index contributed by atoms with van der Waals surface area (Å²) in [6.45, 7) is 8.79. The van der Waals surface area contributed by atoms with Crippen molar-refractivity contribution in [3.8, 4) is 0 Å². The molecule has 1 aromatic carbocycles. The summed E-state index contributed by atoms with van der Waals surface area (Å²) >= 11 is 0. The van der Waals surface area contributed by atoms with E-state index in [4.69, 9.17) is 4.99 Å². The summed E-state index contributed by atoms with van der Waals surface area (Å²) in [5, 5.41) is 3.31. The molecule has 0 saturated carbocycles. The quantitative estimate of drug-likeness (QED) is 0.337. The molecule has 0 spiro atoms. The molecule has 0 atom stereocenters. The SMILES string of the molecule is CCNC(=NCc1cccc(S(=O)(=O)N2CCCCC2)c1)N1CCN(C(C)=O)CC1.I. The van der Waals surface area contributed by atoms with Crippen LogP contribution in [-0.4, -0.2) is 80.2 Å². The van der Waals surface area contributed by atoms with Gasteiger partial charge in [-0.2, -0.15) is 4.31 Å². The minimum atomic E-state index is -3.45. The summed E-state index contributed by atoms with van der Waals surface area (Å²) in [7, 11) is -3.45. The Kier molecular flexibility index (Phi) is 10.0. The number of sulfonamides is 1. The number of nitrogens with zero attached hydrogens (tertiary/aromatic N) is 4. The van der Waals surface area contributed by atoms with Gasteiger partial charge in [0.15, 0.2) is 5.96 Å². The van der Waals surface area contributed by atoms with E-state index in [9.17, 15) is 13.2 Å². The van der Waals surface area contributed by atoms with Crippen molar-refractivity contribution in [2.75, 3.05) is 45.8 Å². The monoisotopic (exact) mass is 563 g/mol. The van der Waals surface area contributed by atoms with Gasteiger partial charge in [0, 0.05) is 52.7 Å². The molecule has 0 aliphatic carbocycles. The van der Waals surface area contributed by atoms with E-state index in [2.05, 4.69) is 10.2 Å². The first-order valence-electron chi connectivity index (χ1n) is 10.8. The summed E-state index contributed by atoms with van der Waals surface area (Å²) in [6.07, 6.45) is 2.94. The van der Waals surface area contributed by atoms with Gasteiger partial charge in [-0.15, -0.1) is 24.0 Å². The number of benzene rings is 1. The number of carbonyl (C=O) groups excluding carboxylic acids is 1. The summed E-state index contributed by atoms with van der Waals surface area (Å²) < 4.78 is 27.5. The van der Waals surface area contributed by atoms with Crippen molar-refractivity contribution < 1.29 is 13.2 Å². The van der Waals surface area contributed by atoms with Gasteiger partial charge < -0.3 is 15.1 Å². The zero-order valence-corrected chi connectivity index (χ0v) is 21.6. The van der Waals surface area contributed by atoms with Gasteiger partial charge in [-0.1, -0.05) is 18.6 Å². The lowest BCUT2D eigenvalue weighted by atomic mass is 10.2. The normalized spacial score (nSPS) is 18.5. The lowest BCUT2D eigenvalue weighted by Crippen LogP contribution is -2.53. The highest BCUT2D eigenvalue weighted by atomic mass is 127. The van der Waals surface area contributed by atoms with Gasteiger partial charge in [0.25, 0.3) is 0 Å². The van der Waals surface area contributed by atoms with E-state index in [1.165, 1.54) is 0 Å². The number of guanidine groups is 1. The largest absolute Gasteiger partial charge is 0.357 e. The highest BCUT2D eigenvalue weighted by Gasteiger charge is 2.26. The van der Waals surface area contributed by atoms with E-state index in [0.29, 0.717) is 37.6 Å². The fourth-order valence-electron chi connectivity index (χ4n) is 3.88. The van der Waals surface area contributed by atoms with Crippen molar-refractivity contribution in [3.63, 3.8) is 0 Å². The molecule has 0 bridgehead atoms. The molecule has 31 heavy (non-hydrogen) atoms. The molecule has 8 nitrogen and oxygen atoms in total. The Morgan fingerprint density at radius 1 is 1.03 bits per heavy atom. The maximum Gasteiger partial charge on any atom is 0.243 e. The lowest BCUT2D eigenvalue weighted by molar-refractivity contribution is -0.130. The topological polar surface area (TPSA) is 85.3 Å². The second-order valence-electron chi connectivity index (χ2n) is 7.78. The third-order valence-electron chi connectivity index (χ3n) is 5.62. The van der Waals surface area contributed by atoms with E-state index in [1.807, 2.05) is 17.9 Å². The number of carbonyl (C=O) groups is 1. The fourth-order valence-corrected chi connectivity index (χ4v) is 5.47. The molecule has 0 unspecified atom stereocenters. The molecule has 0 aromatic heterocycles. The molecule has 1 aromatic rings. The first-order valence-corrected chi connectivity index (χ1v) is 12.2. The van der Waals surface area contributed by atoms with Crippen LogP contribution in [0.4, 0.5) is 0 Å². The van der Waals surface area contributed by atoms with Crippen LogP contribution in [0.3, 0.4) is 0 Å². The minimum Gasteiger partial charge on any atom is -0.357 e. The van der Waals surface area contributed by atoms with Crippen LogP contribution in [0.25, 0.3) is 0 Å². The lowest BCUT2D eigenvalue weighted by Gasteiger charge is -2.36. The van der Waals surface area contributed by atoms with Crippen LogP contribution in [0.2, 0.25) is 0 Å². The van der Waals surface area contributed by atoms with Crippen molar-refractivity contribution >= 4 is 45.9 Å². The van der Waals surface area contributed by atoms with Crippen LogP contribution < -0.4 is 5.32 Å². The molecule has 3 rings (SSSR count).